The molecule has 1 aliphatic carbocycles. The Hall–Kier alpha value is -3.61. The van der Waals surface area contributed by atoms with E-state index >= 15 is 0 Å². The van der Waals surface area contributed by atoms with Crippen LogP contribution in [0.5, 0.6) is 0 Å². The third kappa shape index (κ3) is 5.93. The van der Waals surface area contributed by atoms with Gasteiger partial charge in [-0.3, -0.25) is 5.32 Å². The third-order valence-corrected chi connectivity index (χ3v) is 7.29. The summed E-state index contributed by atoms with van der Waals surface area (Å²) in [6.07, 6.45) is -2.38. The van der Waals surface area contributed by atoms with Gasteiger partial charge in [0.1, 0.15) is 5.52 Å². The van der Waals surface area contributed by atoms with E-state index in [9.17, 15) is 18.0 Å². The number of hydrogen-bond donors (Lipinski definition) is 3. The normalized spacial score (nSPS) is 18.8. The second-order valence-corrected chi connectivity index (χ2v) is 11.9. The molecule has 1 aliphatic heterocycles. The number of carbonyl (C=O) groups excluding carboxylic acids is 1. The zero-order valence-electron chi connectivity index (χ0n) is 23.3. The first kappa shape index (κ1) is 27.9. The lowest BCUT2D eigenvalue weighted by molar-refractivity contribution is -0.137. The maximum Gasteiger partial charge on any atom is 0.427 e. The highest BCUT2D eigenvalue weighted by molar-refractivity contribution is 5.86. The summed E-state index contributed by atoms with van der Waals surface area (Å²) in [5.41, 5.74) is 3.55. The van der Waals surface area contributed by atoms with Crippen molar-refractivity contribution >= 4 is 29.0 Å². The Balaban J connectivity index is 1.63. The van der Waals surface area contributed by atoms with E-state index in [0.717, 1.165) is 25.0 Å². The topological polar surface area (TPSA) is 109 Å². The molecule has 0 bridgehead atoms. The standard InChI is InChI=1S/C27H35F3N8O2/c1-15(17-7-6-8-17)31-20-19-21(33-22(32-20)23-35-25(39)40-36-23)34-24(37(5)14-26(2,3)4)38(19)13-16-9-11-18(12-10-16)27(28,29)30/h9-12,15,17,23,36H,6-8,13-14H2,1-5H3,(H,35,39)(H,31,32,33)/t15-,23?/m1/s1. The van der Waals surface area contributed by atoms with Gasteiger partial charge in [0.15, 0.2) is 23.5 Å². The molecule has 10 nitrogen and oxygen atoms in total. The maximum absolute atomic E-state index is 13.2. The van der Waals surface area contributed by atoms with Gasteiger partial charge in [0.25, 0.3) is 0 Å². The molecule has 2 aromatic heterocycles. The fourth-order valence-electron chi connectivity index (χ4n) is 5.16. The van der Waals surface area contributed by atoms with Crippen molar-refractivity contribution < 1.29 is 22.8 Å². The maximum atomic E-state index is 13.2. The van der Waals surface area contributed by atoms with Crippen molar-refractivity contribution in [2.75, 3.05) is 23.8 Å². The van der Waals surface area contributed by atoms with Gasteiger partial charge in [-0.25, -0.2) is 14.8 Å². The molecule has 0 radical (unpaired) electrons. The number of hydroxylamine groups is 1. The van der Waals surface area contributed by atoms with Crippen molar-refractivity contribution in [3.8, 4) is 0 Å². The number of nitrogens with zero attached hydrogens (tertiary/aromatic N) is 5. The molecule has 13 heteroatoms. The monoisotopic (exact) mass is 560 g/mol. The van der Waals surface area contributed by atoms with Crippen LogP contribution in [0.3, 0.4) is 0 Å². The number of hydrogen-bond acceptors (Lipinski definition) is 8. The minimum atomic E-state index is -4.41. The van der Waals surface area contributed by atoms with Crippen molar-refractivity contribution in [3.63, 3.8) is 0 Å². The SMILES string of the molecule is C[C@@H](Nc1nc(C2NOC(=O)N2)nc2nc(N(C)CC(C)(C)C)n(Cc3ccc(C(F)(F)F)cc3)c12)C1CCC1. The van der Waals surface area contributed by atoms with Gasteiger partial charge in [0.2, 0.25) is 5.95 Å². The number of benzene rings is 1. The van der Waals surface area contributed by atoms with Crippen LogP contribution in [0.1, 0.15) is 70.1 Å². The predicted octanol–water partition coefficient (Wildman–Crippen LogP) is 5.22. The molecule has 1 unspecified atom stereocenters. The molecule has 1 aromatic carbocycles. The van der Waals surface area contributed by atoms with E-state index in [1.54, 1.807) is 0 Å². The fourth-order valence-corrected chi connectivity index (χ4v) is 5.16. The van der Waals surface area contributed by atoms with Crippen LogP contribution in [0.4, 0.5) is 29.7 Å². The summed E-state index contributed by atoms with van der Waals surface area (Å²) in [5, 5.41) is 6.19. The van der Waals surface area contributed by atoms with Crippen LogP contribution in [0.25, 0.3) is 11.2 Å². The quantitative estimate of drug-likeness (QED) is 0.344. The number of halogens is 3. The van der Waals surface area contributed by atoms with Gasteiger partial charge in [-0.2, -0.15) is 18.2 Å². The van der Waals surface area contributed by atoms with E-state index in [1.165, 1.54) is 18.6 Å². The molecular formula is C27H35F3N8O2. The van der Waals surface area contributed by atoms with Gasteiger partial charge in [0.05, 0.1) is 12.1 Å². The average molecular weight is 561 g/mol. The lowest BCUT2D eigenvalue weighted by Gasteiger charge is -2.32. The van der Waals surface area contributed by atoms with E-state index in [0.29, 0.717) is 41.0 Å². The van der Waals surface area contributed by atoms with Crippen molar-refractivity contribution in [2.45, 2.75) is 71.9 Å². The number of aromatic nitrogens is 4. The lowest BCUT2D eigenvalue weighted by atomic mass is 9.80. The van der Waals surface area contributed by atoms with Gasteiger partial charge in [0, 0.05) is 19.6 Å². The number of imidazole rings is 1. The largest absolute Gasteiger partial charge is 0.427 e. The van der Waals surface area contributed by atoms with Crippen LogP contribution in [-0.2, 0) is 17.6 Å². The molecule has 40 heavy (non-hydrogen) atoms. The number of anilines is 2. The summed E-state index contributed by atoms with van der Waals surface area (Å²) in [4.78, 5) is 32.9. The first-order valence-corrected chi connectivity index (χ1v) is 13.4. The van der Waals surface area contributed by atoms with Crippen molar-refractivity contribution in [3.05, 3.63) is 41.2 Å². The molecule has 1 saturated heterocycles. The molecule has 2 atom stereocenters. The molecule has 0 spiro atoms. The van der Waals surface area contributed by atoms with Crippen LogP contribution in [0, 0.1) is 11.3 Å². The Kier molecular flexibility index (Phi) is 7.28. The van der Waals surface area contributed by atoms with Crippen LogP contribution < -0.4 is 21.0 Å². The number of amides is 1. The highest BCUT2D eigenvalue weighted by Gasteiger charge is 2.32. The summed E-state index contributed by atoms with van der Waals surface area (Å²) >= 11 is 0. The first-order valence-electron chi connectivity index (χ1n) is 13.4. The van der Waals surface area contributed by atoms with E-state index in [4.69, 9.17) is 14.8 Å². The lowest BCUT2D eigenvalue weighted by Crippen LogP contribution is -2.32. The Morgan fingerprint density at radius 3 is 2.40 bits per heavy atom. The van der Waals surface area contributed by atoms with E-state index < -0.39 is 24.0 Å². The number of rotatable bonds is 8. The number of fused-ring (bicyclic) bond motifs is 1. The highest BCUT2D eigenvalue weighted by Crippen LogP contribution is 2.35. The number of nitrogens with one attached hydrogen (secondary N) is 3. The smallest absolute Gasteiger partial charge is 0.365 e. The van der Waals surface area contributed by atoms with Crippen molar-refractivity contribution in [1.82, 2.24) is 30.3 Å². The predicted molar refractivity (Wildman–Crippen MR) is 145 cm³/mol. The highest BCUT2D eigenvalue weighted by atomic mass is 19.4. The summed E-state index contributed by atoms with van der Waals surface area (Å²) in [7, 11) is 1.93. The molecule has 1 saturated carbocycles. The number of alkyl halides is 3. The summed E-state index contributed by atoms with van der Waals surface area (Å²) < 4.78 is 41.6. The molecule has 3 N–H and O–H groups in total. The zero-order chi connectivity index (χ0) is 28.8. The van der Waals surface area contributed by atoms with Crippen LogP contribution in [0.2, 0.25) is 0 Å². The second-order valence-electron chi connectivity index (χ2n) is 11.9. The summed E-state index contributed by atoms with van der Waals surface area (Å²) in [5.74, 6) is 1.92. The van der Waals surface area contributed by atoms with Crippen LogP contribution in [-0.4, -0.2) is 45.2 Å². The van der Waals surface area contributed by atoms with E-state index in [-0.39, 0.29) is 23.8 Å². The Morgan fingerprint density at radius 1 is 1.15 bits per heavy atom. The Morgan fingerprint density at radius 2 is 1.85 bits per heavy atom. The summed E-state index contributed by atoms with van der Waals surface area (Å²) in [6, 6.07) is 5.27. The minimum Gasteiger partial charge on any atom is -0.365 e. The molecule has 5 rings (SSSR count). The van der Waals surface area contributed by atoms with Gasteiger partial charge in [-0.1, -0.05) is 39.3 Å². The Labute approximate surface area is 230 Å². The molecule has 2 aliphatic rings. The zero-order valence-corrected chi connectivity index (χ0v) is 23.3. The van der Waals surface area contributed by atoms with Crippen LogP contribution in [0.15, 0.2) is 24.3 Å². The third-order valence-electron chi connectivity index (χ3n) is 7.29. The fraction of sp³-hybridized carbons (Fsp3) is 0.556. The van der Waals surface area contributed by atoms with Gasteiger partial charge < -0.3 is 19.6 Å². The molecule has 216 valence electrons. The van der Waals surface area contributed by atoms with Crippen LogP contribution >= 0.6 is 0 Å². The average Bonchev–Trinajstić information content (AvgIpc) is 3.40. The van der Waals surface area contributed by atoms with Gasteiger partial charge in [-0.15, -0.1) is 5.48 Å². The molecule has 1 amide bonds. The molecule has 3 heterocycles. The van der Waals surface area contributed by atoms with E-state index in [2.05, 4.69) is 48.8 Å². The summed E-state index contributed by atoms with van der Waals surface area (Å²) in [6.45, 7) is 9.39. The van der Waals surface area contributed by atoms with Gasteiger partial charge >= 0.3 is 12.3 Å². The number of carbonyl (C=O) groups is 1. The second kappa shape index (κ2) is 10.4. The van der Waals surface area contributed by atoms with E-state index in [1.807, 2.05) is 16.5 Å². The van der Waals surface area contributed by atoms with Gasteiger partial charge in [-0.05, 0) is 48.8 Å². The van der Waals surface area contributed by atoms with Crippen molar-refractivity contribution in [1.29, 1.82) is 0 Å². The first-order chi connectivity index (χ1) is 18.8. The molecule has 3 aromatic rings. The molecule has 2 fully saturated rings. The van der Waals surface area contributed by atoms with Crippen molar-refractivity contribution in [2.24, 2.45) is 11.3 Å². The minimum absolute atomic E-state index is 0.0574. The molecular weight excluding hydrogens is 525 g/mol. The Bertz CT molecular complexity index is 1380.